The van der Waals surface area contributed by atoms with Gasteiger partial charge in [0, 0.05) is 98.1 Å². The summed E-state index contributed by atoms with van der Waals surface area (Å²) in [5.41, 5.74) is 0. The number of piperidine rings is 2. The van der Waals surface area contributed by atoms with Crippen molar-refractivity contribution >= 4 is 65.8 Å². The number of nitrogens with zero attached hydrogens (tertiary/aromatic N) is 4. The zero-order valence-corrected chi connectivity index (χ0v) is 22.0. The van der Waals surface area contributed by atoms with Crippen LogP contribution in [0.5, 0.6) is 0 Å². The van der Waals surface area contributed by atoms with Crippen molar-refractivity contribution in [3.8, 4) is 0 Å². The van der Waals surface area contributed by atoms with Crippen molar-refractivity contribution in [1.82, 2.24) is 14.8 Å². The minimum absolute atomic E-state index is 0.00902. The zero-order valence-electron chi connectivity index (χ0n) is 16.1. The van der Waals surface area contributed by atoms with Crippen molar-refractivity contribution in [3.63, 3.8) is 0 Å². The van der Waals surface area contributed by atoms with Crippen molar-refractivity contribution < 1.29 is 16.8 Å². The van der Waals surface area contributed by atoms with Gasteiger partial charge in [0.05, 0.1) is 12.0 Å². The number of rotatable bonds is 7. The van der Waals surface area contributed by atoms with Crippen molar-refractivity contribution in [1.29, 1.82) is 0 Å². The lowest BCUT2D eigenvalue weighted by molar-refractivity contribution is 0.174. The first kappa shape index (κ1) is 24.5. The molecule has 0 aromatic heterocycles. The molecule has 2 saturated heterocycles. The van der Waals surface area contributed by atoms with Gasteiger partial charge in [-0.25, -0.2) is 31.7 Å². The normalized spacial score (nSPS) is 27.5. The molecule has 8 nitrogen and oxygen atoms in total. The van der Waals surface area contributed by atoms with Gasteiger partial charge in [0.2, 0.25) is 20.0 Å². The Bertz CT molecular complexity index is 699. The lowest BCUT2D eigenvalue weighted by Gasteiger charge is -2.40. The van der Waals surface area contributed by atoms with Crippen molar-refractivity contribution in [2.45, 2.75) is 37.8 Å². The molecular formula is C15H30I2N4O4S2. The predicted molar refractivity (Wildman–Crippen MR) is 125 cm³/mol. The Kier molecular flexibility index (Phi) is 9.07. The summed E-state index contributed by atoms with van der Waals surface area (Å²) in [7, 11) is -3.36. The Morgan fingerprint density at radius 1 is 0.926 bits per heavy atom. The fraction of sp³-hybridized carbons (Fsp3) is 1.00. The average molecular weight is 648 g/mol. The quantitative estimate of drug-likeness (QED) is 0.307. The van der Waals surface area contributed by atoms with Crippen molar-refractivity contribution in [2.75, 3.05) is 52.3 Å². The first-order valence-corrected chi connectivity index (χ1v) is 14.5. The van der Waals surface area contributed by atoms with Gasteiger partial charge in [-0.15, -0.1) is 0 Å². The largest absolute Gasteiger partial charge is 0.247 e. The smallest absolute Gasteiger partial charge is 0.214 e. The van der Waals surface area contributed by atoms with Crippen LogP contribution in [0.2, 0.25) is 0 Å². The Balaban J connectivity index is 2.02. The first-order chi connectivity index (χ1) is 12.4. The van der Waals surface area contributed by atoms with Gasteiger partial charge >= 0.3 is 0 Å². The maximum atomic E-state index is 12.9. The third kappa shape index (κ3) is 6.85. The first-order valence-electron chi connectivity index (χ1n) is 9.12. The Hall–Kier alpha value is 1.20. The molecule has 0 radical (unpaired) electrons. The molecule has 2 unspecified atom stereocenters. The van der Waals surface area contributed by atoms with Crippen LogP contribution in [-0.2, 0) is 20.0 Å². The fourth-order valence-corrected chi connectivity index (χ4v) is 7.52. The standard InChI is InChI=1S/C15H30I2N4O4S2/c1-18(14-4-8-20(16)9-5-14)27(24,25)11-7-13-12-21(17)10-6-15(13)19(2)26(3,22)23/h13-15H,4-12H2,1-3H3. The summed E-state index contributed by atoms with van der Waals surface area (Å²) >= 11 is 4.52. The molecule has 2 atom stereocenters. The van der Waals surface area contributed by atoms with Crippen LogP contribution >= 0.6 is 45.7 Å². The third-order valence-corrected chi connectivity index (χ3v) is 10.8. The summed E-state index contributed by atoms with van der Waals surface area (Å²) in [4.78, 5) is 0. The monoisotopic (exact) mass is 648 g/mol. The molecule has 0 aliphatic carbocycles. The molecule has 2 aliphatic heterocycles. The van der Waals surface area contributed by atoms with Gasteiger partial charge in [-0.05, 0) is 31.6 Å². The number of halogens is 2. The topological polar surface area (TPSA) is 81.2 Å². The van der Waals surface area contributed by atoms with Crippen LogP contribution in [-0.4, -0.2) is 96.0 Å². The summed E-state index contributed by atoms with van der Waals surface area (Å²) in [5.74, 6) is 0.0757. The van der Waals surface area contributed by atoms with Gasteiger partial charge in [-0.3, -0.25) is 0 Å². The molecular weight excluding hydrogens is 618 g/mol. The van der Waals surface area contributed by atoms with Crippen LogP contribution in [0.1, 0.15) is 25.7 Å². The molecule has 0 bridgehead atoms. The maximum Gasteiger partial charge on any atom is 0.214 e. The molecule has 2 heterocycles. The van der Waals surface area contributed by atoms with Gasteiger partial charge in [-0.2, -0.15) is 0 Å². The highest BCUT2D eigenvalue weighted by molar-refractivity contribution is 14.1. The SMILES string of the molecule is CN(C1CCN(I)CC1CCS(=O)(=O)N(C)C1CCN(I)CC1)S(C)(=O)=O. The predicted octanol–water partition coefficient (Wildman–Crippen LogP) is 1.38. The molecule has 0 spiro atoms. The molecule has 0 aromatic rings. The minimum Gasteiger partial charge on any atom is -0.247 e. The summed E-state index contributed by atoms with van der Waals surface area (Å²) in [6, 6.07) is -0.0864. The summed E-state index contributed by atoms with van der Waals surface area (Å²) < 4.78 is 57.0. The second kappa shape index (κ2) is 10.0. The molecule has 0 N–H and O–H groups in total. The third-order valence-electron chi connectivity index (χ3n) is 5.74. The number of sulfonamides is 2. The van der Waals surface area contributed by atoms with E-state index in [4.69, 9.17) is 0 Å². The van der Waals surface area contributed by atoms with Gasteiger partial charge in [0.25, 0.3) is 0 Å². The lowest BCUT2D eigenvalue weighted by Crippen LogP contribution is -2.50. The molecule has 0 amide bonds. The van der Waals surface area contributed by atoms with E-state index in [1.54, 1.807) is 18.4 Å². The van der Waals surface area contributed by atoms with E-state index < -0.39 is 20.0 Å². The molecule has 2 aliphatic rings. The molecule has 27 heavy (non-hydrogen) atoms. The summed E-state index contributed by atoms with van der Waals surface area (Å²) in [5, 5.41) is 0. The van der Waals surface area contributed by atoms with Gasteiger partial charge in [-0.1, -0.05) is 0 Å². The highest BCUT2D eigenvalue weighted by Crippen LogP contribution is 2.29. The molecule has 12 heteroatoms. The summed E-state index contributed by atoms with van der Waals surface area (Å²) in [6.45, 7) is 3.32. The minimum atomic E-state index is -3.36. The van der Waals surface area contributed by atoms with Crippen molar-refractivity contribution in [2.24, 2.45) is 5.92 Å². The molecule has 160 valence electrons. The van der Waals surface area contributed by atoms with E-state index in [2.05, 4.69) is 52.0 Å². The van der Waals surface area contributed by atoms with Crippen LogP contribution in [0.25, 0.3) is 0 Å². The van der Waals surface area contributed by atoms with E-state index >= 15 is 0 Å². The second-order valence-corrected chi connectivity index (χ2v) is 14.4. The maximum absolute atomic E-state index is 12.9. The highest BCUT2D eigenvalue weighted by Gasteiger charge is 2.36. The van der Waals surface area contributed by atoms with E-state index in [-0.39, 0.29) is 23.8 Å². The van der Waals surface area contributed by atoms with Crippen LogP contribution < -0.4 is 0 Å². The van der Waals surface area contributed by atoms with E-state index in [1.807, 2.05) is 0 Å². The van der Waals surface area contributed by atoms with Gasteiger partial charge < -0.3 is 0 Å². The van der Waals surface area contributed by atoms with Gasteiger partial charge in [0.15, 0.2) is 0 Å². The highest BCUT2D eigenvalue weighted by atomic mass is 127. The van der Waals surface area contributed by atoms with E-state index in [9.17, 15) is 16.8 Å². The second-order valence-electron chi connectivity index (χ2n) is 7.53. The Labute approximate surface area is 192 Å². The molecule has 0 aromatic carbocycles. The fourth-order valence-electron chi connectivity index (χ4n) is 3.85. The van der Waals surface area contributed by atoms with Crippen LogP contribution in [0.4, 0.5) is 0 Å². The molecule has 2 rings (SSSR count). The van der Waals surface area contributed by atoms with E-state index in [0.29, 0.717) is 13.0 Å². The van der Waals surface area contributed by atoms with Crippen LogP contribution in [0, 0.1) is 5.92 Å². The van der Waals surface area contributed by atoms with Gasteiger partial charge in [0.1, 0.15) is 0 Å². The Morgan fingerprint density at radius 2 is 1.48 bits per heavy atom. The van der Waals surface area contributed by atoms with Crippen LogP contribution in [0.3, 0.4) is 0 Å². The average Bonchev–Trinajstić information content (AvgIpc) is 2.59. The van der Waals surface area contributed by atoms with E-state index in [0.717, 1.165) is 38.9 Å². The Morgan fingerprint density at radius 3 is 2.04 bits per heavy atom. The van der Waals surface area contributed by atoms with Crippen molar-refractivity contribution in [3.05, 3.63) is 0 Å². The summed E-state index contributed by atoms with van der Waals surface area (Å²) in [6.07, 6.45) is 4.11. The molecule has 0 saturated carbocycles. The lowest BCUT2D eigenvalue weighted by atomic mass is 9.91. The molecule has 2 fully saturated rings. The van der Waals surface area contributed by atoms with E-state index in [1.165, 1.54) is 10.6 Å². The number of hydrogen-bond acceptors (Lipinski definition) is 6. The zero-order chi connectivity index (χ0) is 20.4. The number of hydrogen-bond donors (Lipinski definition) is 0. The van der Waals surface area contributed by atoms with Crippen LogP contribution in [0.15, 0.2) is 0 Å².